The number of aryl methyl sites for hydroxylation is 1. The van der Waals surface area contributed by atoms with Crippen LogP contribution in [0.3, 0.4) is 0 Å². The van der Waals surface area contributed by atoms with E-state index in [0.29, 0.717) is 22.6 Å². The molecule has 7 nitrogen and oxygen atoms in total. The smallest absolute Gasteiger partial charge is 0.321 e. The number of hydrogen-bond donors (Lipinski definition) is 2. The fourth-order valence-corrected chi connectivity index (χ4v) is 3.70. The Morgan fingerprint density at radius 3 is 2.62 bits per heavy atom. The fraction of sp³-hybridized carbons (Fsp3) is 0.238. The Morgan fingerprint density at radius 2 is 1.86 bits per heavy atom. The number of hydrogen-bond acceptors (Lipinski definition) is 5. The third-order valence-electron chi connectivity index (χ3n) is 4.48. The van der Waals surface area contributed by atoms with Gasteiger partial charge in [-0.25, -0.2) is 9.78 Å². The number of nitrogens with zero attached hydrogens (tertiary/aromatic N) is 2. The van der Waals surface area contributed by atoms with Crippen LogP contribution in [0, 0.1) is 13.8 Å². The molecule has 2 aromatic carbocycles. The van der Waals surface area contributed by atoms with Crippen LogP contribution in [0.15, 0.2) is 52.4 Å². The van der Waals surface area contributed by atoms with E-state index in [4.69, 9.17) is 0 Å². The molecular weight excluding hydrogens is 388 g/mol. The van der Waals surface area contributed by atoms with Crippen molar-refractivity contribution in [1.29, 1.82) is 0 Å². The number of rotatable bonds is 5. The Hall–Kier alpha value is -3.13. The summed E-state index contributed by atoms with van der Waals surface area (Å²) in [5.41, 5.74) is 3.09. The van der Waals surface area contributed by atoms with Gasteiger partial charge in [-0.2, -0.15) is 0 Å². The van der Waals surface area contributed by atoms with Crippen molar-refractivity contribution in [1.82, 2.24) is 20.2 Å². The maximum Gasteiger partial charge on any atom is 0.321 e. The molecule has 3 amide bonds. The summed E-state index contributed by atoms with van der Waals surface area (Å²) in [4.78, 5) is 41.5. The van der Waals surface area contributed by atoms with Gasteiger partial charge in [0.2, 0.25) is 5.91 Å². The van der Waals surface area contributed by atoms with E-state index < -0.39 is 11.9 Å². The Kier molecular flexibility index (Phi) is 6.33. The number of benzene rings is 2. The van der Waals surface area contributed by atoms with Crippen LogP contribution in [0.25, 0.3) is 16.6 Å². The van der Waals surface area contributed by atoms with Crippen molar-refractivity contribution in [2.45, 2.75) is 25.9 Å². The third-order valence-corrected chi connectivity index (χ3v) is 5.42. The lowest BCUT2D eigenvalue weighted by atomic mass is 10.1. The van der Waals surface area contributed by atoms with E-state index in [-0.39, 0.29) is 11.3 Å². The predicted octanol–water partition coefficient (Wildman–Crippen LogP) is 2.94. The van der Waals surface area contributed by atoms with Crippen molar-refractivity contribution in [3.63, 3.8) is 0 Å². The number of fused-ring (bicyclic) bond motifs is 1. The van der Waals surface area contributed by atoms with Gasteiger partial charge < -0.3 is 5.32 Å². The average Bonchev–Trinajstić information content (AvgIpc) is 2.69. The van der Waals surface area contributed by atoms with Crippen molar-refractivity contribution >= 4 is 34.6 Å². The van der Waals surface area contributed by atoms with E-state index in [1.165, 1.54) is 4.57 Å². The second-order valence-electron chi connectivity index (χ2n) is 6.47. The SMILES string of the molecule is CCNC(=O)NC(=O)CSc1nc2ccccc2c(=O)n1-c1cccc(C)c1C. The van der Waals surface area contributed by atoms with Crippen molar-refractivity contribution < 1.29 is 9.59 Å². The van der Waals surface area contributed by atoms with E-state index in [1.807, 2.05) is 38.1 Å². The van der Waals surface area contributed by atoms with Crippen molar-refractivity contribution in [2.75, 3.05) is 12.3 Å². The molecule has 1 aromatic heterocycles. The number of nitrogens with one attached hydrogen (secondary N) is 2. The molecule has 3 rings (SSSR count). The standard InChI is InChI=1S/C21H22N4O3S/c1-4-22-20(28)24-18(26)12-29-21-23-16-10-6-5-9-15(16)19(27)25(21)17-11-7-8-13(2)14(17)3/h5-11H,4,12H2,1-3H3,(H2,22,24,26,28). The Morgan fingerprint density at radius 1 is 1.10 bits per heavy atom. The molecule has 0 aliphatic rings. The van der Waals surface area contributed by atoms with E-state index in [1.54, 1.807) is 25.1 Å². The topological polar surface area (TPSA) is 93.1 Å². The maximum absolute atomic E-state index is 13.3. The van der Waals surface area contributed by atoms with Crippen LogP contribution in [0.2, 0.25) is 0 Å². The molecule has 0 aliphatic carbocycles. The van der Waals surface area contributed by atoms with Gasteiger partial charge in [-0.05, 0) is 50.1 Å². The Bertz CT molecular complexity index is 1140. The summed E-state index contributed by atoms with van der Waals surface area (Å²) in [5, 5.41) is 5.67. The summed E-state index contributed by atoms with van der Waals surface area (Å²) in [7, 11) is 0. The first-order valence-corrected chi connectivity index (χ1v) is 10.2. The first-order chi connectivity index (χ1) is 13.9. The summed E-state index contributed by atoms with van der Waals surface area (Å²) in [5.74, 6) is -0.511. The quantitative estimate of drug-likeness (QED) is 0.498. The second-order valence-corrected chi connectivity index (χ2v) is 7.41. The van der Waals surface area contributed by atoms with Crippen LogP contribution >= 0.6 is 11.8 Å². The minimum atomic E-state index is -0.545. The zero-order valence-electron chi connectivity index (χ0n) is 16.5. The zero-order chi connectivity index (χ0) is 21.0. The summed E-state index contributed by atoms with van der Waals surface area (Å²) >= 11 is 1.11. The molecule has 0 atom stereocenters. The third kappa shape index (κ3) is 4.48. The lowest BCUT2D eigenvalue weighted by Crippen LogP contribution is -2.40. The molecule has 0 bridgehead atoms. The minimum absolute atomic E-state index is 0.0488. The predicted molar refractivity (Wildman–Crippen MR) is 115 cm³/mol. The van der Waals surface area contributed by atoms with Crippen LogP contribution < -0.4 is 16.2 Å². The first kappa shape index (κ1) is 20.6. The fourth-order valence-electron chi connectivity index (χ4n) is 2.90. The molecular formula is C21H22N4O3S. The normalized spacial score (nSPS) is 10.7. The van der Waals surface area contributed by atoms with Gasteiger partial charge in [-0.1, -0.05) is 36.0 Å². The van der Waals surface area contributed by atoms with E-state index in [2.05, 4.69) is 15.6 Å². The number of imide groups is 1. The number of aromatic nitrogens is 2. The van der Waals surface area contributed by atoms with Crippen LogP contribution in [0.1, 0.15) is 18.1 Å². The van der Waals surface area contributed by atoms with Crippen LogP contribution in [-0.2, 0) is 4.79 Å². The van der Waals surface area contributed by atoms with Gasteiger partial charge in [0.25, 0.3) is 5.56 Å². The average molecular weight is 410 g/mol. The number of carbonyl (C=O) groups excluding carboxylic acids is 2. The van der Waals surface area contributed by atoms with Crippen molar-refractivity contribution in [2.24, 2.45) is 0 Å². The number of amides is 3. The lowest BCUT2D eigenvalue weighted by Gasteiger charge is -2.16. The Balaban J connectivity index is 2.04. The number of thioether (sulfide) groups is 1. The van der Waals surface area contributed by atoms with Gasteiger partial charge in [0, 0.05) is 6.54 Å². The van der Waals surface area contributed by atoms with Crippen molar-refractivity contribution in [3.8, 4) is 5.69 Å². The summed E-state index contributed by atoms with van der Waals surface area (Å²) in [6, 6.07) is 12.3. The summed E-state index contributed by atoms with van der Waals surface area (Å²) in [6.07, 6.45) is 0. The van der Waals surface area contributed by atoms with Crippen LogP contribution in [-0.4, -0.2) is 33.8 Å². The molecule has 0 aliphatic heterocycles. The Labute approximate surface area is 172 Å². The lowest BCUT2D eigenvalue weighted by molar-refractivity contribution is -0.117. The molecule has 0 saturated carbocycles. The van der Waals surface area contributed by atoms with Gasteiger partial charge in [-0.15, -0.1) is 0 Å². The molecule has 0 radical (unpaired) electrons. The molecule has 0 saturated heterocycles. The van der Waals surface area contributed by atoms with Crippen LogP contribution in [0.4, 0.5) is 4.79 Å². The molecule has 150 valence electrons. The van der Waals surface area contributed by atoms with E-state index in [0.717, 1.165) is 28.6 Å². The van der Waals surface area contributed by atoms with Crippen LogP contribution in [0.5, 0.6) is 0 Å². The summed E-state index contributed by atoms with van der Waals surface area (Å²) in [6.45, 7) is 6.11. The first-order valence-electron chi connectivity index (χ1n) is 9.21. The molecule has 8 heteroatoms. The molecule has 2 N–H and O–H groups in total. The largest absolute Gasteiger partial charge is 0.338 e. The molecule has 0 fully saturated rings. The summed E-state index contributed by atoms with van der Waals surface area (Å²) < 4.78 is 1.54. The second kappa shape index (κ2) is 8.91. The highest BCUT2D eigenvalue weighted by Crippen LogP contribution is 2.24. The zero-order valence-corrected chi connectivity index (χ0v) is 17.3. The number of para-hydroxylation sites is 1. The van der Waals surface area contributed by atoms with Gasteiger partial charge >= 0.3 is 6.03 Å². The highest BCUT2D eigenvalue weighted by molar-refractivity contribution is 7.99. The molecule has 0 unspecified atom stereocenters. The molecule has 29 heavy (non-hydrogen) atoms. The molecule has 1 heterocycles. The molecule has 3 aromatic rings. The van der Waals surface area contributed by atoms with Gasteiger partial charge in [-0.3, -0.25) is 19.5 Å². The highest BCUT2D eigenvalue weighted by atomic mass is 32.2. The van der Waals surface area contributed by atoms with Gasteiger partial charge in [0.15, 0.2) is 5.16 Å². The van der Waals surface area contributed by atoms with E-state index >= 15 is 0 Å². The maximum atomic E-state index is 13.3. The minimum Gasteiger partial charge on any atom is -0.338 e. The highest BCUT2D eigenvalue weighted by Gasteiger charge is 2.17. The van der Waals surface area contributed by atoms with E-state index in [9.17, 15) is 14.4 Å². The van der Waals surface area contributed by atoms with Crippen molar-refractivity contribution in [3.05, 3.63) is 63.9 Å². The van der Waals surface area contributed by atoms with Gasteiger partial charge in [0.05, 0.1) is 22.3 Å². The van der Waals surface area contributed by atoms with Gasteiger partial charge in [0.1, 0.15) is 0 Å². The monoisotopic (exact) mass is 410 g/mol. The molecule has 0 spiro atoms. The number of carbonyl (C=O) groups is 2. The number of urea groups is 1.